The van der Waals surface area contributed by atoms with Crippen molar-refractivity contribution in [2.24, 2.45) is 5.41 Å². The molecule has 3 rings (SSSR count). The van der Waals surface area contributed by atoms with Gasteiger partial charge in [0, 0.05) is 30.0 Å². The highest BCUT2D eigenvalue weighted by Gasteiger charge is 2.30. The second-order valence-electron chi connectivity index (χ2n) is 6.31. The molecule has 1 fully saturated rings. The van der Waals surface area contributed by atoms with Crippen molar-refractivity contribution in [3.05, 3.63) is 23.8 Å². The molecule has 1 amide bonds. The monoisotopic (exact) mass is 260 g/mol. The minimum absolute atomic E-state index is 0.327. The number of hydrogen-bond acceptors (Lipinski definition) is 3. The van der Waals surface area contributed by atoms with Crippen molar-refractivity contribution >= 4 is 17.3 Å². The Morgan fingerprint density at radius 2 is 2.00 bits per heavy atom. The maximum atomic E-state index is 11.4. The molecule has 1 atom stereocenters. The molecule has 0 spiro atoms. The van der Waals surface area contributed by atoms with E-state index in [1.54, 1.807) is 0 Å². The summed E-state index contributed by atoms with van der Waals surface area (Å²) in [6.45, 7) is 6.71. The number of rotatable bonds is 1. The average molecular weight is 260 g/mol. The number of aliphatic hydroxyl groups excluding tert-OH is 1. The fourth-order valence-electron chi connectivity index (χ4n) is 2.80. The summed E-state index contributed by atoms with van der Waals surface area (Å²) in [4.78, 5) is 13.8. The molecule has 2 N–H and O–H groups in total. The molecule has 0 aliphatic carbocycles. The maximum Gasteiger partial charge on any atom is 0.257 e. The number of nitrogens with one attached hydrogen (secondary N) is 1. The van der Waals surface area contributed by atoms with Crippen molar-refractivity contribution in [1.29, 1.82) is 0 Å². The third-order valence-corrected chi connectivity index (χ3v) is 4.32. The van der Waals surface area contributed by atoms with Crippen molar-refractivity contribution in [3.8, 4) is 0 Å². The van der Waals surface area contributed by atoms with E-state index < -0.39 is 6.10 Å². The topological polar surface area (TPSA) is 52.6 Å². The minimum Gasteiger partial charge on any atom is -0.378 e. The summed E-state index contributed by atoms with van der Waals surface area (Å²) in [7, 11) is 0. The smallest absolute Gasteiger partial charge is 0.257 e. The van der Waals surface area contributed by atoms with Gasteiger partial charge in [-0.2, -0.15) is 0 Å². The molecule has 1 aromatic carbocycles. The Balaban J connectivity index is 1.81. The van der Waals surface area contributed by atoms with E-state index in [1.165, 1.54) is 12.8 Å². The Kier molecular flexibility index (Phi) is 2.78. The standard InChI is InChI=1S/C15H20N2O2/c1-15(2)5-7-17(8-6-15)10-3-4-11-12(9-10)16-14(19)13(11)18/h3-4,9,13,18H,5-8H2,1-2H3,(H,16,19). The van der Waals surface area contributed by atoms with E-state index in [-0.39, 0.29) is 5.91 Å². The molecule has 2 heterocycles. The zero-order valence-corrected chi connectivity index (χ0v) is 11.4. The van der Waals surface area contributed by atoms with Gasteiger partial charge >= 0.3 is 0 Å². The van der Waals surface area contributed by atoms with Gasteiger partial charge in [0.1, 0.15) is 0 Å². The van der Waals surface area contributed by atoms with Gasteiger partial charge < -0.3 is 15.3 Å². The van der Waals surface area contributed by atoms with E-state index in [0.717, 1.165) is 24.5 Å². The Hall–Kier alpha value is -1.55. The number of hydrogen-bond donors (Lipinski definition) is 2. The molecule has 1 aromatic rings. The first-order chi connectivity index (χ1) is 8.96. The molecular formula is C15H20N2O2. The first-order valence-electron chi connectivity index (χ1n) is 6.84. The highest BCUT2D eigenvalue weighted by Crippen LogP contribution is 2.36. The number of carbonyl (C=O) groups is 1. The lowest BCUT2D eigenvalue weighted by molar-refractivity contribution is -0.123. The number of carbonyl (C=O) groups excluding carboxylic acids is 1. The number of amides is 1. The predicted molar refractivity (Wildman–Crippen MR) is 75.3 cm³/mol. The van der Waals surface area contributed by atoms with Crippen LogP contribution in [0, 0.1) is 5.41 Å². The predicted octanol–water partition coefficient (Wildman–Crippen LogP) is 2.30. The highest BCUT2D eigenvalue weighted by atomic mass is 16.3. The fraction of sp³-hybridized carbons (Fsp3) is 0.533. The molecule has 4 heteroatoms. The van der Waals surface area contributed by atoms with Crippen LogP contribution in [0.15, 0.2) is 18.2 Å². The van der Waals surface area contributed by atoms with E-state index in [0.29, 0.717) is 11.0 Å². The molecule has 102 valence electrons. The third-order valence-electron chi connectivity index (χ3n) is 4.32. The van der Waals surface area contributed by atoms with Crippen LogP contribution in [0.25, 0.3) is 0 Å². The van der Waals surface area contributed by atoms with Gasteiger partial charge in [0.2, 0.25) is 0 Å². The van der Waals surface area contributed by atoms with Gasteiger partial charge in [-0.15, -0.1) is 0 Å². The van der Waals surface area contributed by atoms with Crippen molar-refractivity contribution < 1.29 is 9.90 Å². The van der Waals surface area contributed by atoms with Crippen LogP contribution in [0.4, 0.5) is 11.4 Å². The van der Waals surface area contributed by atoms with Crippen LogP contribution in [-0.4, -0.2) is 24.1 Å². The summed E-state index contributed by atoms with van der Waals surface area (Å²) < 4.78 is 0. The van der Waals surface area contributed by atoms with Gasteiger partial charge in [0.15, 0.2) is 6.10 Å². The molecule has 1 unspecified atom stereocenters. The van der Waals surface area contributed by atoms with Crippen molar-refractivity contribution in [2.75, 3.05) is 23.3 Å². The fourth-order valence-corrected chi connectivity index (χ4v) is 2.80. The highest BCUT2D eigenvalue weighted by molar-refractivity contribution is 6.02. The van der Waals surface area contributed by atoms with Crippen LogP contribution in [-0.2, 0) is 4.79 Å². The van der Waals surface area contributed by atoms with Gasteiger partial charge in [-0.3, -0.25) is 4.79 Å². The lowest BCUT2D eigenvalue weighted by atomic mass is 9.82. The van der Waals surface area contributed by atoms with E-state index in [2.05, 4.69) is 24.1 Å². The lowest BCUT2D eigenvalue weighted by Crippen LogP contribution is -2.37. The number of piperidine rings is 1. The van der Waals surface area contributed by atoms with Gasteiger partial charge in [0.05, 0.1) is 0 Å². The van der Waals surface area contributed by atoms with Crippen LogP contribution in [0.2, 0.25) is 0 Å². The third kappa shape index (κ3) is 2.21. The van der Waals surface area contributed by atoms with Gasteiger partial charge in [0.25, 0.3) is 5.91 Å². The van der Waals surface area contributed by atoms with Crippen LogP contribution >= 0.6 is 0 Å². The SMILES string of the molecule is CC1(C)CCN(c2ccc3c(c2)NC(=O)C3O)CC1. The lowest BCUT2D eigenvalue weighted by Gasteiger charge is -2.38. The van der Waals surface area contributed by atoms with Crippen LogP contribution < -0.4 is 10.2 Å². The number of nitrogens with zero attached hydrogens (tertiary/aromatic N) is 1. The summed E-state index contributed by atoms with van der Waals surface area (Å²) >= 11 is 0. The Morgan fingerprint density at radius 1 is 1.32 bits per heavy atom. The summed E-state index contributed by atoms with van der Waals surface area (Å²) in [6, 6.07) is 5.83. The molecule has 2 aliphatic rings. The number of benzene rings is 1. The zero-order valence-electron chi connectivity index (χ0n) is 11.4. The van der Waals surface area contributed by atoms with E-state index in [1.807, 2.05) is 18.2 Å². The number of anilines is 2. The molecular weight excluding hydrogens is 240 g/mol. The van der Waals surface area contributed by atoms with Crippen LogP contribution in [0.5, 0.6) is 0 Å². The van der Waals surface area contributed by atoms with Gasteiger partial charge in [-0.1, -0.05) is 19.9 Å². The number of fused-ring (bicyclic) bond motifs is 1. The molecule has 0 radical (unpaired) electrons. The van der Waals surface area contributed by atoms with Crippen LogP contribution in [0.1, 0.15) is 38.4 Å². The Bertz CT molecular complexity index is 515. The van der Waals surface area contributed by atoms with Crippen molar-refractivity contribution in [3.63, 3.8) is 0 Å². The minimum atomic E-state index is -1.01. The second kappa shape index (κ2) is 4.23. The molecule has 2 aliphatic heterocycles. The first-order valence-corrected chi connectivity index (χ1v) is 6.84. The Morgan fingerprint density at radius 3 is 2.68 bits per heavy atom. The zero-order chi connectivity index (χ0) is 13.6. The summed E-state index contributed by atoms with van der Waals surface area (Å²) in [5, 5.41) is 12.4. The van der Waals surface area contributed by atoms with Crippen molar-refractivity contribution in [1.82, 2.24) is 0 Å². The van der Waals surface area contributed by atoms with E-state index in [9.17, 15) is 9.90 Å². The van der Waals surface area contributed by atoms with E-state index >= 15 is 0 Å². The molecule has 0 bridgehead atoms. The quantitative estimate of drug-likeness (QED) is 0.814. The normalized spacial score (nSPS) is 25.1. The first kappa shape index (κ1) is 12.5. The van der Waals surface area contributed by atoms with Crippen molar-refractivity contribution in [2.45, 2.75) is 32.8 Å². The summed E-state index contributed by atoms with van der Waals surface area (Å²) in [5.74, 6) is -0.327. The Labute approximate surface area is 113 Å². The molecule has 1 saturated heterocycles. The molecule has 0 saturated carbocycles. The molecule has 0 aromatic heterocycles. The van der Waals surface area contributed by atoms with Gasteiger partial charge in [-0.05, 0) is 30.4 Å². The average Bonchev–Trinajstić information content (AvgIpc) is 2.64. The van der Waals surface area contributed by atoms with Gasteiger partial charge in [-0.25, -0.2) is 0 Å². The van der Waals surface area contributed by atoms with E-state index in [4.69, 9.17) is 0 Å². The molecule has 4 nitrogen and oxygen atoms in total. The molecule has 19 heavy (non-hydrogen) atoms. The largest absolute Gasteiger partial charge is 0.378 e. The summed E-state index contributed by atoms with van der Waals surface area (Å²) in [6.07, 6.45) is 1.35. The number of aliphatic hydroxyl groups is 1. The second-order valence-corrected chi connectivity index (χ2v) is 6.31. The maximum absolute atomic E-state index is 11.4. The van der Waals surface area contributed by atoms with Crippen LogP contribution in [0.3, 0.4) is 0 Å². The summed E-state index contributed by atoms with van der Waals surface area (Å²) in [5.41, 5.74) is 2.99.